The standard InChI is InChI=1S/C12H19BrN4O2/c1-8-6-17(7-9(2)19-8)4-3-14-12(18)11-10(13)5-15-16-11/h5,8-9H,3-4,6-7H2,1-2H3,(H,14,18)(H,15,16)/t8-,9-/m1/s1. The summed E-state index contributed by atoms with van der Waals surface area (Å²) < 4.78 is 6.35. The van der Waals surface area contributed by atoms with E-state index >= 15 is 0 Å². The number of nitrogens with one attached hydrogen (secondary N) is 2. The molecule has 0 radical (unpaired) electrons. The molecule has 2 N–H and O–H groups in total. The molecule has 1 amide bonds. The highest BCUT2D eigenvalue weighted by Crippen LogP contribution is 2.12. The van der Waals surface area contributed by atoms with E-state index in [2.05, 4.69) is 50.2 Å². The largest absolute Gasteiger partial charge is 0.373 e. The molecule has 1 aliphatic rings. The lowest BCUT2D eigenvalue weighted by Crippen LogP contribution is -2.47. The Balaban J connectivity index is 1.75. The molecule has 2 rings (SSSR count). The molecule has 0 aromatic carbocycles. The number of carbonyl (C=O) groups excluding carboxylic acids is 1. The minimum atomic E-state index is -0.140. The molecule has 1 aromatic rings. The summed E-state index contributed by atoms with van der Waals surface area (Å²) in [7, 11) is 0. The SMILES string of the molecule is C[C@@H]1CN(CCNC(=O)c2[nH]ncc2Br)C[C@@H](C)O1. The molecule has 0 saturated carbocycles. The zero-order chi connectivity index (χ0) is 13.8. The monoisotopic (exact) mass is 330 g/mol. The molecule has 6 nitrogen and oxygen atoms in total. The average Bonchev–Trinajstić information content (AvgIpc) is 2.74. The Morgan fingerprint density at radius 3 is 2.84 bits per heavy atom. The maximum atomic E-state index is 11.8. The van der Waals surface area contributed by atoms with E-state index in [4.69, 9.17) is 4.74 Å². The highest BCUT2D eigenvalue weighted by molar-refractivity contribution is 9.10. The summed E-state index contributed by atoms with van der Waals surface area (Å²) in [5.41, 5.74) is 0.462. The zero-order valence-corrected chi connectivity index (χ0v) is 12.7. The van der Waals surface area contributed by atoms with Gasteiger partial charge in [0.2, 0.25) is 0 Å². The summed E-state index contributed by atoms with van der Waals surface area (Å²) in [6.07, 6.45) is 2.07. The van der Waals surface area contributed by atoms with Gasteiger partial charge in [-0.25, -0.2) is 0 Å². The lowest BCUT2D eigenvalue weighted by molar-refractivity contribution is -0.0672. The Bertz CT molecular complexity index is 427. The van der Waals surface area contributed by atoms with Gasteiger partial charge in [-0.1, -0.05) is 0 Å². The lowest BCUT2D eigenvalue weighted by atomic mass is 10.2. The number of hydrogen-bond acceptors (Lipinski definition) is 4. The Morgan fingerprint density at radius 1 is 1.58 bits per heavy atom. The van der Waals surface area contributed by atoms with Crippen LogP contribution in [-0.2, 0) is 4.74 Å². The van der Waals surface area contributed by atoms with Crippen LogP contribution in [0.15, 0.2) is 10.7 Å². The first-order valence-electron chi connectivity index (χ1n) is 6.41. The Kier molecular flexibility index (Phi) is 4.95. The number of nitrogens with zero attached hydrogens (tertiary/aromatic N) is 2. The third kappa shape index (κ3) is 4.02. The van der Waals surface area contributed by atoms with Gasteiger partial charge in [-0.3, -0.25) is 14.8 Å². The van der Waals surface area contributed by atoms with E-state index in [-0.39, 0.29) is 18.1 Å². The molecular weight excluding hydrogens is 312 g/mol. The minimum Gasteiger partial charge on any atom is -0.373 e. The molecule has 19 heavy (non-hydrogen) atoms. The first kappa shape index (κ1) is 14.5. The van der Waals surface area contributed by atoms with Crippen molar-refractivity contribution < 1.29 is 9.53 Å². The van der Waals surface area contributed by atoms with Gasteiger partial charge in [-0.15, -0.1) is 0 Å². The maximum Gasteiger partial charge on any atom is 0.270 e. The van der Waals surface area contributed by atoms with Crippen LogP contribution in [0.25, 0.3) is 0 Å². The summed E-state index contributed by atoms with van der Waals surface area (Å²) in [4.78, 5) is 14.1. The third-order valence-electron chi connectivity index (χ3n) is 3.03. The fourth-order valence-corrected chi connectivity index (χ4v) is 2.68. The van der Waals surface area contributed by atoms with Crippen molar-refractivity contribution >= 4 is 21.8 Å². The van der Waals surface area contributed by atoms with Crippen LogP contribution in [0.5, 0.6) is 0 Å². The van der Waals surface area contributed by atoms with Gasteiger partial charge in [0, 0.05) is 26.2 Å². The topological polar surface area (TPSA) is 70.2 Å². The molecule has 1 aromatic heterocycles. The number of H-pyrrole nitrogens is 1. The fourth-order valence-electron chi connectivity index (χ4n) is 2.31. The molecule has 0 bridgehead atoms. The smallest absolute Gasteiger partial charge is 0.270 e. The average molecular weight is 331 g/mol. The van der Waals surface area contributed by atoms with Gasteiger partial charge in [-0.05, 0) is 29.8 Å². The van der Waals surface area contributed by atoms with Crippen LogP contribution in [0.1, 0.15) is 24.3 Å². The molecule has 106 valence electrons. The number of halogens is 1. The molecule has 1 fully saturated rings. The van der Waals surface area contributed by atoms with Crippen LogP contribution in [0.3, 0.4) is 0 Å². The number of amides is 1. The lowest BCUT2D eigenvalue weighted by Gasteiger charge is -2.35. The second-order valence-corrected chi connectivity index (χ2v) is 5.72. The van der Waals surface area contributed by atoms with Gasteiger partial charge in [0.05, 0.1) is 22.9 Å². The van der Waals surface area contributed by atoms with Crippen molar-refractivity contribution in [1.82, 2.24) is 20.4 Å². The number of aromatic amines is 1. The third-order valence-corrected chi connectivity index (χ3v) is 3.63. The molecule has 7 heteroatoms. The number of carbonyl (C=O) groups is 1. The second kappa shape index (κ2) is 6.49. The van der Waals surface area contributed by atoms with Gasteiger partial charge in [0.1, 0.15) is 5.69 Å². The molecule has 0 spiro atoms. The molecular formula is C12H19BrN4O2. The normalized spacial score (nSPS) is 24.4. The summed E-state index contributed by atoms with van der Waals surface area (Å²) in [6, 6.07) is 0. The number of rotatable bonds is 4. The molecule has 1 saturated heterocycles. The highest BCUT2D eigenvalue weighted by Gasteiger charge is 2.21. The molecule has 2 atom stereocenters. The van der Waals surface area contributed by atoms with Crippen LogP contribution in [0, 0.1) is 0 Å². The number of ether oxygens (including phenoxy) is 1. The van der Waals surface area contributed by atoms with Crippen molar-refractivity contribution in [1.29, 1.82) is 0 Å². The molecule has 0 unspecified atom stereocenters. The van der Waals surface area contributed by atoms with Crippen molar-refractivity contribution in [2.24, 2.45) is 0 Å². The van der Waals surface area contributed by atoms with Gasteiger partial charge in [0.25, 0.3) is 5.91 Å². The Labute approximate surface area is 121 Å². The van der Waals surface area contributed by atoms with E-state index < -0.39 is 0 Å². The van der Waals surface area contributed by atoms with Gasteiger partial charge < -0.3 is 10.1 Å². The zero-order valence-electron chi connectivity index (χ0n) is 11.1. The van der Waals surface area contributed by atoms with Crippen LogP contribution in [-0.4, -0.2) is 59.4 Å². The first-order valence-corrected chi connectivity index (χ1v) is 7.20. The van der Waals surface area contributed by atoms with Crippen molar-refractivity contribution in [3.05, 3.63) is 16.4 Å². The molecule has 2 heterocycles. The highest BCUT2D eigenvalue weighted by atomic mass is 79.9. The summed E-state index contributed by atoms with van der Waals surface area (Å²) in [5, 5.41) is 9.35. The first-order chi connectivity index (χ1) is 9.06. The van der Waals surface area contributed by atoms with Crippen LogP contribution in [0.2, 0.25) is 0 Å². The van der Waals surface area contributed by atoms with Crippen molar-refractivity contribution in [3.8, 4) is 0 Å². The van der Waals surface area contributed by atoms with Crippen molar-refractivity contribution in [2.45, 2.75) is 26.1 Å². The predicted octanol–water partition coefficient (Wildman–Crippen LogP) is 1.01. The van der Waals surface area contributed by atoms with Gasteiger partial charge in [0.15, 0.2) is 0 Å². The molecule has 1 aliphatic heterocycles. The van der Waals surface area contributed by atoms with E-state index in [1.807, 2.05) is 0 Å². The van der Waals surface area contributed by atoms with E-state index in [0.717, 1.165) is 19.6 Å². The maximum absolute atomic E-state index is 11.8. The van der Waals surface area contributed by atoms with Crippen molar-refractivity contribution in [2.75, 3.05) is 26.2 Å². The van der Waals surface area contributed by atoms with E-state index in [0.29, 0.717) is 16.7 Å². The van der Waals surface area contributed by atoms with Crippen LogP contribution >= 0.6 is 15.9 Å². The Hall–Kier alpha value is -0.920. The minimum absolute atomic E-state index is 0.140. The number of aromatic nitrogens is 2. The van der Waals surface area contributed by atoms with Gasteiger partial charge >= 0.3 is 0 Å². The van der Waals surface area contributed by atoms with E-state index in [1.165, 1.54) is 0 Å². The molecule has 0 aliphatic carbocycles. The summed E-state index contributed by atoms with van der Waals surface area (Å²) in [5.74, 6) is -0.140. The van der Waals surface area contributed by atoms with Crippen molar-refractivity contribution in [3.63, 3.8) is 0 Å². The summed E-state index contributed by atoms with van der Waals surface area (Å²) >= 11 is 3.27. The van der Waals surface area contributed by atoms with Crippen LogP contribution < -0.4 is 5.32 Å². The fraction of sp³-hybridized carbons (Fsp3) is 0.667. The van der Waals surface area contributed by atoms with Crippen LogP contribution in [0.4, 0.5) is 0 Å². The van der Waals surface area contributed by atoms with Gasteiger partial charge in [-0.2, -0.15) is 5.10 Å². The van der Waals surface area contributed by atoms with E-state index in [1.54, 1.807) is 6.20 Å². The second-order valence-electron chi connectivity index (χ2n) is 4.87. The Morgan fingerprint density at radius 2 is 2.26 bits per heavy atom. The van der Waals surface area contributed by atoms with E-state index in [9.17, 15) is 4.79 Å². The number of morpholine rings is 1. The summed E-state index contributed by atoms with van der Waals surface area (Å²) in [6.45, 7) is 7.41. The number of hydrogen-bond donors (Lipinski definition) is 2. The quantitative estimate of drug-likeness (QED) is 0.864. The predicted molar refractivity (Wildman–Crippen MR) is 75.1 cm³/mol.